The average Bonchev–Trinajstić information content (AvgIpc) is 3.92. The highest BCUT2D eigenvalue weighted by molar-refractivity contribution is 5.78. The van der Waals surface area contributed by atoms with Crippen LogP contribution in [0.15, 0.2) is 225 Å². The molecule has 0 amide bonds. The Balaban J connectivity index is 1.27. The van der Waals surface area contributed by atoms with Gasteiger partial charge in [-0.25, -0.2) is 0 Å². The van der Waals surface area contributed by atoms with E-state index in [2.05, 4.69) is 264 Å². The summed E-state index contributed by atoms with van der Waals surface area (Å²) in [6.45, 7) is 1.50. The summed E-state index contributed by atoms with van der Waals surface area (Å²) in [5.41, 5.74) is 9.24. The largest absolute Gasteiger partial charge is 0.362 e. The molecule has 5 heteroatoms. The second kappa shape index (κ2) is 15.3. The van der Waals surface area contributed by atoms with Gasteiger partial charge in [-0.05, 0) is 69.8 Å². The van der Waals surface area contributed by atoms with E-state index in [0.29, 0.717) is 0 Å². The maximum atomic E-state index is 2.47. The molecule has 2 aliphatic rings. The van der Waals surface area contributed by atoms with Crippen LogP contribution in [0.2, 0.25) is 0 Å². The van der Waals surface area contributed by atoms with Gasteiger partial charge in [0.25, 0.3) is 0 Å². The third-order valence-electron chi connectivity index (χ3n) is 11.4. The number of rotatable bonds is 11. The molecule has 7 aromatic carbocycles. The highest BCUT2D eigenvalue weighted by Gasteiger charge is 2.44. The van der Waals surface area contributed by atoms with Gasteiger partial charge in [0.1, 0.15) is 11.1 Å². The Morgan fingerprint density at radius 3 is 0.947 bits per heavy atom. The molecule has 2 heterocycles. The first-order chi connectivity index (χ1) is 28.1. The topological polar surface area (TPSA) is 16.2 Å². The van der Waals surface area contributed by atoms with Gasteiger partial charge in [-0.1, -0.05) is 164 Å². The predicted octanol–water partition coefficient (Wildman–Crippen LogP) is 11.1. The minimum absolute atomic E-state index is 0.603. The van der Waals surface area contributed by atoms with E-state index in [9.17, 15) is 0 Å². The van der Waals surface area contributed by atoms with Crippen LogP contribution >= 0.6 is 0 Å². The first-order valence-electron chi connectivity index (χ1n) is 19.7. The molecule has 5 nitrogen and oxygen atoms in total. The van der Waals surface area contributed by atoms with Crippen molar-refractivity contribution in [1.82, 2.24) is 19.6 Å². The van der Waals surface area contributed by atoms with Crippen molar-refractivity contribution < 1.29 is 0 Å². The number of nitrogens with zero attached hydrogens (tertiary/aromatic N) is 5. The molecule has 0 atom stereocenters. The number of hydrogen-bond donors (Lipinski definition) is 0. The highest BCUT2D eigenvalue weighted by atomic mass is 15.4. The zero-order valence-corrected chi connectivity index (χ0v) is 32.5. The minimum Gasteiger partial charge on any atom is -0.362 e. The first kappa shape index (κ1) is 35.7. The quantitative estimate of drug-likeness (QED) is 0.122. The minimum atomic E-state index is -0.603. The van der Waals surface area contributed by atoms with Crippen LogP contribution in [0.1, 0.15) is 33.4 Å². The second-order valence-corrected chi connectivity index (χ2v) is 15.0. The lowest BCUT2D eigenvalue weighted by Gasteiger charge is -2.45. The summed E-state index contributed by atoms with van der Waals surface area (Å²) in [4.78, 5) is 11.8. The molecule has 280 valence electrons. The van der Waals surface area contributed by atoms with Crippen LogP contribution in [0.3, 0.4) is 0 Å². The zero-order valence-electron chi connectivity index (χ0n) is 32.5. The molecule has 0 N–H and O–H groups in total. The first-order valence-corrected chi connectivity index (χ1v) is 19.7. The van der Waals surface area contributed by atoms with Crippen molar-refractivity contribution in [3.63, 3.8) is 0 Å². The van der Waals surface area contributed by atoms with E-state index in [1.807, 2.05) is 0 Å². The monoisotopic (exact) mass is 741 g/mol. The third-order valence-corrected chi connectivity index (χ3v) is 11.4. The molecule has 0 fully saturated rings. The Kier molecular flexibility index (Phi) is 9.57. The fourth-order valence-corrected chi connectivity index (χ4v) is 8.97. The summed E-state index contributed by atoms with van der Waals surface area (Å²) in [6.07, 6.45) is 8.82. The summed E-state index contributed by atoms with van der Waals surface area (Å²) in [5.74, 6) is 0. The van der Waals surface area contributed by atoms with E-state index < -0.39 is 11.1 Å². The van der Waals surface area contributed by atoms with Gasteiger partial charge in [0.15, 0.2) is 0 Å². The van der Waals surface area contributed by atoms with Crippen LogP contribution in [0.25, 0.3) is 0 Å². The van der Waals surface area contributed by atoms with Crippen molar-refractivity contribution in [3.8, 4) is 0 Å². The molecule has 0 aromatic heterocycles. The van der Waals surface area contributed by atoms with E-state index in [0.717, 1.165) is 30.4 Å². The van der Waals surface area contributed by atoms with Gasteiger partial charge in [-0.3, -0.25) is 0 Å². The lowest BCUT2D eigenvalue weighted by atomic mass is 9.75. The Bertz CT molecular complexity index is 2230. The Hall–Kier alpha value is -6.98. The smallest absolute Gasteiger partial charge is 0.117 e. The van der Waals surface area contributed by atoms with E-state index in [-0.39, 0.29) is 0 Å². The molecule has 0 aliphatic carbocycles. The third kappa shape index (κ3) is 6.31. The normalized spacial score (nSPS) is 14.1. The summed E-state index contributed by atoms with van der Waals surface area (Å²) >= 11 is 0. The molecular formula is C52H47N5. The number of para-hydroxylation sites is 1. The second-order valence-electron chi connectivity index (χ2n) is 15.0. The molecule has 57 heavy (non-hydrogen) atoms. The Labute approximate surface area is 337 Å². The predicted molar refractivity (Wildman–Crippen MR) is 234 cm³/mol. The molecule has 0 saturated carbocycles. The van der Waals surface area contributed by atoms with Crippen LogP contribution in [-0.4, -0.2) is 47.0 Å². The van der Waals surface area contributed by atoms with Crippen LogP contribution in [0.5, 0.6) is 0 Å². The van der Waals surface area contributed by atoms with E-state index in [1.54, 1.807) is 0 Å². The van der Waals surface area contributed by atoms with Gasteiger partial charge in [0.2, 0.25) is 0 Å². The fourth-order valence-electron chi connectivity index (χ4n) is 8.97. The Morgan fingerprint density at radius 1 is 0.333 bits per heavy atom. The average molecular weight is 742 g/mol. The molecular weight excluding hydrogens is 695 g/mol. The number of hydrogen-bond acceptors (Lipinski definition) is 5. The van der Waals surface area contributed by atoms with Gasteiger partial charge >= 0.3 is 0 Å². The van der Waals surface area contributed by atoms with Crippen LogP contribution < -0.4 is 4.90 Å². The number of benzene rings is 7. The lowest BCUT2D eigenvalue weighted by molar-refractivity contribution is 0.194. The summed E-state index contributed by atoms with van der Waals surface area (Å²) in [6, 6.07) is 72.8. The highest BCUT2D eigenvalue weighted by Crippen LogP contribution is 2.48. The molecule has 2 aliphatic heterocycles. The van der Waals surface area contributed by atoms with Crippen molar-refractivity contribution in [2.24, 2.45) is 0 Å². The number of anilines is 3. The van der Waals surface area contributed by atoms with Crippen molar-refractivity contribution >= 4 is 17.1 Å². The van der Waals surface area contributed by atoms with E-state index in [1.165, 1.54) is 33.4 Å². The van der Waals surface area contributed by atoms with Crippen molar-refractivity contribution in [1.29, 1.82) is 0 Å². The SMILES string of the molecule is CN1C=CN(C(c2ccccc2)(c2ccccc2)c2cccc(N(c3ccccc3)c3cccc(C(c4ccccc4)(c4ccccc4)N4C=CN(C)C4)c3)c2)C1. The zero-order chi connectivity index (χ0) is 38.7. The van der Waals surface area contributed by atoms with Gasteiger partial charge in [-0.15, -0.1) is 0 Å². The van der Waals surface area contributed by atoms with Crippen LogP contribution in [-0.2, 0) is 11.1 Å². The summed E-state index contributed by atoms with van der Waals surface area (Å²) in [7, 11) is 4.28. The summed E-state index contributed by atoms with van der Waals surface area (Å²) < 4.78 is 0. The van der Waals surface area contributed by atoms with Gasteiger partial charge < -0.3 is 24.5 Å². The van der Waals surface area contributed by atoms with Gasteiger partial charge in [0.05, 0.1) is 13.3 Å². The standard InChI is InChI=1S/C52H47N5/c1-53-34-36-55(40-53)51(42-20-8-3-9-21-42,43-22-10-4-11-23-43)46-28-18-32-49(38-46)57(48-30-16-7-17-31-48)50-33-19-29-47(39-50)52(44-24-12-5-13-25-44,45-26-14-6-15-27-45)56-37-35-54(2)41-56/h3-39H,40-41H2,1-2H3. The molecule has 0 bridgehead atoms. The maximum absolute atomic E-state index is 2.47. The molecule has 0 unspecified atom stereocenters. The van der Waals surface area contributed by atoms with Gasteiger partial charge in [0, 0.05) is 56.0 Å². The van der Waals surface area contributed by atoms with Gasteiger partial charge in [-0.2, -0.15) is 0 Å². The van der Waals surface area contributed by atoms with Crippen LogP contribution in [0.4, 0.5) is 17.1 Å². The molecule has 7 aromatic rings. The van der Waals surface area contributed by atoms with Crippen LogP contribution in [0, 0.1) is 0 Å². The fraction of sp³-hybridized carbons (Fsp3) is 0.115. The lowest BCUT2D eigenvalue weighted by Crippen LogP contribution is -2.46. The van der Waals surface area contributed by atoms with Crippen molar-refractivity contribution in [2.75, 3.05) is 32.3 Å². The van der Waals surface area contributed by atoms with Crippen molar-refractivity contribution in [2.45, 2.75) is 11.1 Å². The van der Waals surface area contributed by atoms with E-state index in [4.69, 9.17) is 0 Å². The maximum Gasteiger partial charge on any atom is 0.117 e. The molecule has 9 rings (SSSR count). The molecule has 0 spiro atoms. The molecule has 0 saturated heterocycles. The Morgan fingerprint density at radius 2 is 0.632 bits per heavy atom. The van der Waals surface area contributed by atoms with E-state index >= 15 is 0 Å². The molecule has 0 radical (unpaired) electrons. The van der Waals surface area contributed by atoms with Crippen molar-refractivity contribution in [3.05, 3.63) is 258 Å². The summed E-state index contributed by atoms with van der Waals surface area (Å²) in [5, 5.41) is 0.